The van der Waals surface area contributed by atoms with Crippen LogP contribution in [0.4, 0.5) is 0 Å². The third-order valence-electron chi connectivity index (χ3n) is 6.88. The Balaban J connectivity index is 1.46. The first kappa shape index (κ1) is 26.4. The van der Waals surface area contributed by atoms with Gasteiger partial charge in [-0.2, -0.15) is 9.57 Å². The van der Waals surface area contributed by atoms with Crippen molar-refractivity contribution in [1.29, 1.82) is 5.26 Å². The van der Waals surface area contributed by atoms with Gasteiger partial charge in [0.25, 0.3) is 0 Å². The van der Waals surface area contributed by atoms with E-state index in [9.17, 15) is 13.2 Å². The molecule has 0 amide bonds. The fourth-order valence-corrected chi connectivity index (χ4v) is 6.76. The minimum atomic E-state index is -3.74. The Kier molecular flexibility index (Phi) is 8.26. The fourth-order valence-electron chi connectivity index (χ4n) is 4.80. The third kappa shape index (κ3) is 6.18. The molecule has 0 spiro atoms. The molecule has 0 radical (unpaired) electrons. The number of carbonyl (C=O) groups excluding carboxylic acids is 1. The summed E-state index contributed by atoms with van der Waals surface area (Å²) in [7, 11) is -2.47. The molecule has 37 heavy (non-hydrogen) atoms. The van der Waals surface area contributed by atoms with E-state index in [1.807, 2.05) is 42.5 Å². The zero-order valence-corrected chi connectivity index (χ0v) is 21.6. The average molecular weight is 523 g/mol. The molecule has 10 heteroatoms. The Morgan fingerprint density at radius 2 is 1.70 bits per heavy atom. The Labute approximate surface area is 217 Å². The van der Waals surface area contributed by atoms with Crippen molar-refractivity contribution in [3.05, 3.63) is 72.3 Å². The number of nitrogens with zero attached hydrogens (tertiary/aromatic N) is 4. The maximum absolute atomic E-state index is 13.5. The van der Waals surface area contributed by atoms with Crippen molar-refractivity contribution in [2.75, 3.05) is 39.0 Å². The average Bonchev–Trinajstić information content (AvgIpc) is 2.93. The van der Waals surface area contributed by atoms with Crippen LogP contribution in [-0.4, -0.2) is 68.7 Å². The number of sulfonamides is 1. The van der Waals surface area contributed by atoms with E-state index in [0.29, 0.717) is 18.7 Å². The summed E-state index contributed by atoms with van der Waals surface area (Å²) < 4.78 is 39.2. The molecule has 194 valence electrons. The van der Waals surface area contributed by atoms with Crippen LogP contribution in [0, 0.1) is 16.9 Å². The van der Waals surface area contributed by atoms with Crippen molar-refractivity contribution in [2.24, 2.45) is 10.4 Å². The number of hydrogen-bond donors (Lipinski definition) is 0. The quantitative estimate of drug-likeness (QED) is 0.248. The van der Waals surface area contributed by atoms with Crippen LogP contribution in [0.5, 0.6) is 5.75 Å². The molecule has 1 fully saturated rings. The SMILES string of the molecule is COC(=O)C1(CS(=O)(=O)N2CC=C(c3ccccc3)CC2)CCN(/C(=N\C#N)Oc2ccccc2)CC1. The standard InChI is InChI=1S/C27H30N4O5S/c1-35-25(32)27(14-18-30(19-15-27)26(29-21-28)36-24-10-6-3-7-11-24)20-37(33,34)31-16-12-23(13-17-31)22-8-4-2-5-9-22/h2-12H,13-20H2,1H3/b29-26+. The highest BCUT2D eigenvalue weighted by atomic mass is 32.2. The topological polar surface area (TPSA) is 112 Å². The molecule has 0 atom stereocenters. The molecule has 2 aromatic carbocycles. The number of ether oxygens (including phenoxy) is 2. The number of hydrogen-bond acceptors (Lipinski definition) is 7. The minimum Gasteiger partial charge on any atom is -0.469 e. The summed E-state index contributed by atoms with van der Waals surface area (Å²) in [5.41, 5.74) is 1.01. The van der Waals surface area contributed by atoms with Crippen LogP contribution in [0.25, 0.3) is 5.57 Å². The molecule has 0 unspecified atom stereocenters. The van der Waals surface area contributed by atoms with Gasteiger partial charge < -0.3 is 14.4 Å². The number of para-hydroxylation sites is 1. The van der Waals surface area contributed by atoms with E-state index in [4.69, 9.17) is 14.7 Å². The largest absolute Gasteiger partial charge is 0.469 e. The van der Waals surface area contributed by atoms with Gasteiger partial charge in [0.2, 0.25) is 16.2 Å². The summed E-state index contributed by atoms with van der Waals surface area (Å²) in [5.74, 6) is -0.354. The lowest BCUT2D eigenvalue weighted by atomic mass is 9.80. The molecule has 2 aliphatic heterocycles. The van der Waals surface area contributed by atoms with Crippen molar-refractivity contribution in [1.82, 2.24) is 9.21 Å². The van der Waals surface area contributed by atoms with Crippen molar-refractivity contribution in [2.45, 2.75) is 19.3 Å². The molecular formula is C27H30N4O5S. The number of piperidine rings is 1. The Morgan fingerprint density at radius 3 is 2.27 bits per heavy atom. The molecule has 2 aliphatic rings. The third-order valence-corrected chi connectivity index (χ3v) is 8.91. The van der Waals surface area contributed by atoms with Gasteiger partial charge >= 0.3 is 12.0 Å². The fraction of sp³-hybridized carbons (Fsp3) is 0.370. The van der Waals surface area contributed by atoms with Gasteiger partial charge in [-0.15, -0.1) is 4.99 Å². The van der Waals surface area contributed by atoms with Gasteiger partial charge in [0.15, 0.2) is 0 Å². The maximum Gasteiger partial charge on any atom is 0.313 e. The highest BCUT2D eigenvalue weighted by molar-refractivity contribution is 7.89. The molecule has 1 saturated heterocycles. The zero-order valence-electron chi connectivity index (χ0n) is 20.7. The van der Waals surface area contributed by atoms with E-state index in [1.54, 1.807) is 35.4 Å². The summed E-state index contributed by atoms with van der Waals surface area (Å²) in [4.78, 5) is 18.5. The smallest absolute Gasteiger partial charge is 0.313 e. The molecule has 0 saturated carbocycles. The predicted octanol–water partition coefficient (Wildman–Crippen LogP) is 3.28. The molecule has 2 aromatic rings. The number of benzene rings is 2. The van der Waals surface area contributed by atoms with Crippen LogP contribution >= 0.6 is 0 Å². The van der Waals surface area contributed by atoms with Crippen molar-refractivity contribution >= 4 is 27.6 Å². The molecule has 2 heterocycles. The van der Waals surface area contributed by atoms with Gasteiger partial charge in [-0.25, -0.2) is 8.42 Å². The molecule has 0 bridgehead atoms. The maximum atomic E-state index is 13.5. The first-order chi connectivity index (χ1) is 17.9. The molecule has 4 rings (SSSR count). The Bertz CT molecular complexity index is 1300. The molecule has 0 aliphatic carbocycles. The van der Waals surface area contributed by atoms with E-state index in [-0.39, 0.29) is 44.3 Å². The van der Waals surface area contributed by atoms with Crippen LogP contribution in [0.15, 0.2) is 71.7 Å². The summed E-state index contributed by atoms with van der Waals surface area (Å²) in [5, 5.41) is 9.15. The van der Waals surface area contributed by atoms with Crippen molar-refractivity contribution < 1.29 is 22.7 Å². The van der Waals surface area contributed by atoms with Crippen LogP contribution in [-0.2, 0) is 19.6 Å². The first-order valence-corrected chi connectivity index (χ1v) is 13.7. The summed E-state index contributed by atoms with van der Waals surface area (Å²) in [6, 6.07) is 19.0. The number of esters is 1. The van der Waals surface area contributed by atoms with Gasteiger partial charge in [0, 0.05) is 26.2 Å². The second-order valence-electron chi connectivity index (χ2n) is 9.13. The van der Waals surface area contributed by atoms with Gasteiger partial charge in [-0.1, -0.05) is 54.6 Å². The lowest BCUT2D eigenvalue weighted by Crippen LogP contribution is -2.52. The molecular weight excluding hydrogens is 492 g/mol. The Hall–Kier alpha value is -3.68. The summed E-state index contributed by atoms with van der Waals surface area (Å²) >= 11 is 0. The first-order valence-electron chi connectivity index (χ1n) is 12.1. The van der Waals surface area contributed by atoms with Crippen LogP contribution in [0.2, 0.25) is 0 Å². The number of likely N-dealkylation sites (tertiary alicyclic amines) is 1. The minimum absolute atomic E-state index is 0.115. The zero-order chi connectivity index (χ0) is 26.3. The van der Waals surface area contributed by atoms with Crippen LogP contribution in [0.1, 0.15) is 24.8 Å². The highest BCUT2D eigenvalue weighted by Crippen LogP contribution is 2.36. The van der Waals surface area contributed by atoms with Gasteiger partial charge in [0.05, 0.1) is 18.3 Å². The normalized spacial score (nSPS) is 18.4. The summed E-state index contributed by atoms with van der Waals surface area (Å²) in [6.45, 7) is 1.20. The Morgan fingerprint density at radius 1 is 1.05 bits per heavy atom. The van der Waals surface area contributed by atoms with Crippen LogP contribution < -0.4 is 4.74 Å². The molecule has 0 N–H and O–H groups in total. The number of rotatable bonds is 6. The van der Waals surface area contributed by atoms with E-state index in [2.05, 4.69) is 4.99 Å². The number of methoxy groups -OCH3 is 1. The van der Waals surface area contributed by atoms with Crippen molar-refractivity contribution in [3.8, 4) is 11.9 Å². The van der Waals surface area contributed by atoms with E-state index < -0.39 is 21.4 Å². The number of carbonyl (C=O) groups is 1. The van der Waals surface area contributed by atoms with Gasteiger partial charge in [-0.05, 0) is 42.5 Å². The number of aliphatic imine (C=N–C) groups is 1. The van der Waals surface area contributed by atoms with Crippen LogP contribution in [0.3, 0.4) is 0 Å². The monoisotopic (exact) mass is 522 g/mol. The second kappa shape index (κ2) is 11.6. The van der Waals surface area contributed by atoms with E-state index in [0.717, 1.165) is 11.1 Å². The van der Waals surface area contributed by atoms with Crippen molar-refractivity contribution in [3.63, 3.8) is 0 Å². The van der Waals surface area contributed by atoms with E-state index >= 15 is 0 Å². The molecule has 0 aromatic heterocycles. The number of amidine groups is 1. The molecule has 9 nitrogen and oxygen atoms in total. The summed E-state index contributed by atoms with van der Waals surface area (Å²) in [6.07, 6.45) is 4.75. The highest BCUT2D eigenvalue weighted by Gasteiger charge is 2.48. The second-order valence-corrected chi connectivity index (χ2v) is 11.1. The van der Waals surface area contributed by atoms with E-state index in [1.165, 1.54) is 11.4 Å². The number of nitriles is 1. The van der Waals surface area contributed by atoms with Gasteiger partial charge in [-0.3, -0.25) is 4.79 Å². The predicted molar refractivity (Wildman–Crippen MR) is 140 cm³/mol. The lowest BCUT2D eigenvalue weighted by Gasteiger charge is -2.40. The lowest BCUT2D eigenvalue weighted by molar-refractivity contribution is -0.153. The van der Waals surface area contributed by atoms with Gasteiger partial charge in [0.1, 0.15) is 5.75 Å².